The van der Waals surface area contributed by atoms with Gasteiger partial charge in [0.25, 0.3) is 0 Å². The number of carbonyl (C=O) groups excluding carboxylic acids is 2. The molecule has 0 aliphatic heterocycles. The van der Waals surface area contributed by atoms with Crippen LogP contribution in [0.1, 0.15) is 21.5 Å². The smallest absolute Gasteiger partial charge is 0.337 e. The standard InChI is InChI=1S/C21H23NO6/c1-25-17-11-15(12-18(26-2)20(17)27-3)7-10-19(23)22-13-14-5-8-16(9-6-14)21(24)28-4/h5-12H,13H2,1-4H3,(H,22,23)/b10-7+. The van der Waals surface area contributed by atoms with Crippen molar-refractivity contribution in [3.63, 3.8) is 0 Å². The van der Waals surface area contributed by atoms with Crippen LogP contribution in [0.3, 0.4) is 0 Å². The molecule has 0 aromatic heterocycles. The van der Waals surface area contributed by atoms with E-state index in [2.05, 4.69) is 10.1 Å². The minimum Gasteiger partial charge on any atom is -0.493 e. The van der Waals surface area contributed by atoms with E-state index in [1.165, 1.54) is 34.5 Å². The zero-order chi connectivity index (χ0) is 20.5. The number of esters is 1. The van der Waals surface area contributed by atoms with Crippen LogP contribution in [-0.4, -0.2) is 40.3 Å². The van der Waals surface area contributed by atoms with Gasteiger partial charge in [0.1, 0.15) is 0 Å². The molecule has 2 rings (SSSR count). The van der Waals surface area contributed by atoms with Gasteiger partial charge >= 0.3 is 5.97 Å². The van der Waals surface area contributed by atoms with E-state index in [0.29, 0.717) is 29.4 Å². The molecule has 0 heterocycles. The third-order valence-corrected chi connectivity index (χ3v) is 3.96. The van der Waals surface area contributed by atoms with Crippen LogP contribution in [0.2, 0.25) is 0 Å². The van der Waals surface area contributed by atoms with Crippen LogP contribution in [0.15, 0.2) is 42.5 Å². The summed E-state index contributed by atoms with van der Waals surface area (Å²) in [7, 11) is 5.92. The fourth-order valence-corrected chi connectivity index (χ4v) is 2.49. The van der Waals surface area contributed by atoms with Gasteiger partial charge in [-0.05, 0) is 41.5 Å². The summed E-state index contributed by atoms with van der Waals surface area (Å²) < 4.78 is 20.5. The fourth-order valence-electron chi connectivity index (χ4n) is 2.49. The molecule has 1 N–H and O–H groups in total. The van der Waals surface area contributed by atoms with E-state index in [0.717, 1.165) is 11.1 Å². The molecule has 0 radical (unpaired) electrons. The van der Waals surface area contributed by atoms with Crippen molar-refractivity contribution in [1.29, 1.82) is 0 Å². The molecule has 0 aliphatic rings. The normalized spacial score (nSPS) is 10.4. The van der Waals surface area contributed by atoms with E-state index in [1.807, 2.05) is 0 Å². The maximum Gasteiger partial charge on any atom is 0.337 e. The fraction of sp³-hybridized carbons (Fsp3) is 0.238. The van der Waals surface area contributed by atoms with Crippen molar-refractivity contribution in [2.45, 2.75) is 6.54 Å². The predicted octanol–water partition coefficient (Wildman–Crippen LogP) is 2.83. The highest BCUT2D eigenvalue weighted by atomic mass is 16.5. The predicted molar refractivity (Wildman–Crippen MR) is 105 cm³/mol. The second-order valence-electron chi connectivity index (χ2n) is 5.70. The molecule has 7 heteroatoms. The first-order valence-corrected chi connectivity index (χ1v) is 8.45. The van der Waals surface area contributed by atoms with Crippen LogP contribution in [0.25, 0.3) is 6.08 Å². The van der Waals surface area contributed by atoms with Crippen LogP contribution < -0.4 is 19.5 Å². The number of rotatable bonds is 8. The topological polar surface area (TPSA) is 83.1 Å². The summed E-state index contributed by atoms with van der Waals surface area (Å²) in [5.74, 6) is 0.844. The van der Waals surface area contributed by atoms with Gasteiger partial charge in [-0.1, -0.05) is 12.1 Å². The zero-order valence-electron chi connectivity index (χ0n) is 16.3. The molecule has 0 fully saturated rings. The van der Waals surface area contributed by atoms with Crippen molar-refractivity contribution in [3.8, 4) is 17.2 Å². The number of amides is 1. The number of methoxy groups -OCH3 is 4. The third kappa shape index (κ3) is 5.26. The molecular formula is C21H23NO6. The van der Waals surface area contributed by atoms with Gasteiger partial charge in [-0.15, -0.1) is 0 Å². The summed E-state index contributed by atoms with van der Waals surface area (Å²) in [6.45, 7) is 0.333. The Morgan fingerprint density at radius 3 is 2.04 bits per heavy atom. The second kappa shape index (κ2) is 10.0. The van der Waals surface area contributed by atoms with Crippen LogP contribution in [-0.2, 0) is 16.1 Å². The Hall–Kier alpha value is -3.48. The molecule has 7 nitrogen and oxygen atoms in total. The van der Waals surface area contributed by atoms with Crippen LogP contribution in [0, 0.1) is 0 Å². The molecule has 0 spiro atoms. The summed E-state index contributed by atoms with van der Waals surface area (Å²) in [6.07, 6.45) is 3.07. The molecule has 2 aromatic carbocycles. The molecule has 2 aromatic rings. The Kier molecular flexibility index (Phi) is 7.45. The Bertz CT molecular complexity index is 833. The molecule has 0 unspecified atom stereocenters. The molecule has 28 heavy (non-hydrogen) atoms. The van der Waals surface area contributed by atoms with Crippen LogP contribution >= 0.6 is 0 Å². The summed E-state index contributed by atoms with van der Waals surface area (Å²) in [5.41, 5.74) is 2.05. The second-order valence-corrected chi connectivity index (χ2v) is 5.70. The zero-order valence-corrected chi connectivity index (χ0v) is 16.3. The Morgan fingerprint density at radius 1 is 0.929 bits per heavy atom. The maximum atomic E-state index is 12.1. The minimum atomic E-state index is -0.399. The van der Waals surface area contributed by atoms with E-state index in [9.17, 15) is 9.59 Å². The molecule has 148 valence electrons. The van der Waals surface area contributed by atoms with E-state index in [1.54, 1.807) is 42.5 Å². The van der Waals surface area contributed by atoms with Gasteiger partial charge in [0.05, 0.1) is 34.0 Å². The van der Waals surface area contributed by atoms with E-state index in [4.69, 9.17) is 14.2 Å². The van der Waals surface area contributed by atoms with Gasteiger partial charge in [-0.3, -0.25) is 4.79 Å². The van der Waals surface area contributed by atoms with Crippen molar-refractivity contribution < 1.29 is 28.5 Å². The number of nitrogens with one attached hydrogen (secondary N) is 1. The average molecular weight is 385 g/mol. The molecule has 1 amide bonds. The molecule has 0 atom stereocenters. The Morgan fingerprint density at radius 2 is 1.54 bits per heavy atom. The lowest BCUT2D eigenvalue weighted by Crippen LogP contribution is -2.20. The van der Waals surface area contributed by atoms with Crippen LogP contribution in [0.4, 0.5) is 0 Å². The summed E-state index contributed by atoms with van der Waals surface area (Å²) in [4.78, 5) is 23.5. The summed E-state index contributed by atoms with van der Waals surface area (Å²) in [6, 6.07) is 10.3. The van der Waals surface area contributed by atoms with Gasteiger partial charge in [0, 0.05) is 12.6 Å². The number of hydrogen-bond donors (Lipinski definition) is 1. The Labute approximate surface area is 163 Å². The number of hydrogen-bond acceptors (Lipinski definition) is 6. The highest BCUT2D eigenvalue weighted by Crippen LogP contribution is 2.38. The lowest BCUT2D eigenvalue weighted by atomic mass is 10.1. The molecular weight excluding hydrogens is 362 g/mol. The van der Waals surface area contributed by atoms with Crippen molar-refractivity contribution in [1.82, 2.24) is 5.32 Å². The van der Waals surface area contributed by atoms with Gasteiger partial charge in [-0.2, -0.15) is 0 Å². The summed E-state index contributed by atoms with van der Waals surface area (Å²) in [5, 5.41) is 2.78. The van der Waals surface area contributed by atoms with Crippen molar-refractivity contribution >= 4 is 18.0 Å². The highest BCUT2D eigenvalue weighted by Gasteiger charge is 2.12. The van der Waals surface area contributed by atoms with E-state index >= 15 is 0 Å². The Balaban J connectivity index is 2.01. The minimum absolute atomic E-state index is 0.259. The van der Waals surface area contributed by atoms with Gasteiger partial charge in [-0.25, -0.2) is 4.79 Å². The molecule has 0 saturated heterocycles. The highest BCUT2D eigenvalue weighted by molar-refractivity contribution is 5.92. The first kappa shape index (κ1) is 20.8. The number of carbonyl (C=O) groups is 2. The van der Waals surface area contributed by atoms with Crippen molar-refractivity contribution in [3.05, 3.63) is 59.2 Å². The average Bonchev–Trinajstić information content (AvgIpc) is 2.74. The van der Waals surface area contributed by atoms with Gasteiger partial charge < -0.3 is 24.3 Å². The largest absolute Gasteiger partial charge is 0.493 e. The number of ether oxygens (including phenoxy) is 4. The lowest BCUT2D eigenvalue weighted by Gasteiger charge is -2.12. The van der Waals surface area contributed by atoms with Gasteiger partial charge in [0.2, 0.25) is 11.7 Å². The quantitative estimate of drug-likeness (QED) is 0.556. The maximum absolute atomic E-state index is 12.1. The van der Waals surface area contributed by atoms with Gasteiger partial charge in [0.15, 0.2) is 11.5 Å². The first-order chi connectivity index (χ1) is 13.5. The first-order valence-electron chi connectivity index (χ1n) is 8.45. The SMILES string of the molecule is COC(=O)c1ccc(CNC(=O)/C=C/c2cc(OC)c(OC)c(OC)c2)cc1. The molecule has 0 saturated carbocycles. The number of benzene rings is 2. The van der Waals surface area contributed by atoms with Crippen molar-refractivity contribution in [2.75, 3.05) is 28.4 Å². The van der Waals surface area contributed by atoms with E-state index < -0.39 is 5.97 Å². The monoisotopic (exact) mass is 385 g/mol. The molecule has 0 bridgehead atoms. The third-order valence-electron chi connectivity index (χ3n) is 3.96. The molecule has 0 aliphatic carbocycles. The van der Waals surface area contributed by atoms with Crippen LogP contribution in [0.5, 0.6) is 17.2 Å². The summed E-state index contributed by atoms with van der Waals surface area (Å²) >= 11 is 0. The lowest BCUT2D eigenvalue weighted by molar-refractivity contribution is -0.116. The van der Waals surface area contributed by atoms with E-state index in [-0.39, 0.29) is 5.91 Å². The van der Waals surface area contributed by atoms with Crippen molar-refractivity contribution in [2.24, 2.45) is 0 Å².